The largest absolute Gasteiger partial charge is 0.465 e. The van der Waals surface area contributed by atoms with Crippen LogP contribution in [0.3, 0.4) is 0 Å². The predicted molar refractivity (Wildman–Crippen MR) is 146 cm³/mol. The number of hydrogen-bond acceptors (Lipinski definition) is 6. The number of carbonyl (C=O) groups is 2. The van der Waals surface area contributed by atoms with Crippen molar-refractivity contribution in [2.45, 2.75) is 19.9 Å². The van der Waals surface area contributed by atoms with Crippen molar-refractivity contribution >= 4 is 46.1 Å². The van der Waals surface area contributed by atoms with Crippen molar-refractivity contribution in [3.63, 3.8) is 0 Å². The van der Waals surface area contributed by atoms with Crippen molar-refractivity contribution in [1.82, 2.24) is 14.6 Å². The van der Waals surface area contributed by atoms with Crippen molar-refractivity contribution in [2.75, 3.05) is 12.0 Å². The highest BCUT2D eigenvalue weighted by atomic mass is 35.5. The molecule has 0 fully saturated rings. The molecule has 38 heavy (non-hydrogen) atoms. The highest BCUT2D eigenvalue weighted by Gasteiger charge is 2.30. The summed E-state index contributed by atoms with van der Waals surface area (Å²) in [6.07, 6.45) is 3.54. The molecule has 10 heteroatoms. The van der Waals surface area contributed by atoms with Gasteiger partial charge in [0.1, 0.15) is 10.7 Å². The lowest BCUT2D eigenvalue weighted by molar-refractivity contribution is 0.0607. The number of anilines is 1. The third kappa shape index (κ3) is 4.78. The number of thiophene rings is 1. The average Bonchev–Trinajstić information content (AvgIpc) is 3.53. The van der Waals surface area contributed by atoms with E-state index in [0.717, 1.165) is 33.4 Å². The number of fused-ring (bicyclic) bond motifs is 1. The molecule has 0 aliphatic carbocycles. The molecule has 0 atom stereocenters. The molecule has 2 aromatic carbocycles. The summed E-state index contributed by atoms with van der Waals surface area (Å²) in [5.74, 6) is -1.90. The van der Waals surface area contributed by atoms with Crippen LogP contribution < -0.4 is 4.90 Å². The maximum atomic E-state index is 14.7. The Balaban J connectivity index is 1.53. The Morgan fingerprint density at radius 3 is 2.47 bits per heavy atom. The fourth-order valence-corrected chi connectivity index (χ4v) is 5.36. The highest BCUT2D eigenvalue weighted by Crippen LogP contribution is 2.39. The first-order valence-electron chi connectivity index (χ1n) is 11.7. The monoisotopic (exact) mass is 548 g/mol. The van der Waals surface area contributed by atoms with Crippen LogP contribution in [0.1, 0.15) is 33.9 Å². The van der Waals surface area contributed by atoms with E-state index in [1.165, 1.54) is 35.5 Å². The standard InChI is InChI=1S/C28H22ClFN4O3S/c1-16(2)34(27(35)20-10-9-19(29)13-21(20)30)23-15-24(38-26(23)28(36)37-3)18-7-5-17(6-8-18)22-14-25-31-11-4-12-33(25)32-22/h4-16H,1-3H3. The molecular weight excluding hydrogens is 527 g/mol. The molecule has 0 saturated carbocycles. The molecule has 0 bridgehead atoms. The summed E-state index contributed by atoms with van der Waals surface area (Å²) in [7, 11) is 1.28. The molecule has 3 heterocycles. The number of methoxy groups -OCH3 is 1. The quantitative estimate of drug-likeness (QED) is 0.219. The van der Waals surface area contributed by atoms with E-state index in [-0.39, 0.29) is 21.5 Å². The van der Waals surface area contributed by atoms with E-state index in [0.29, 0.717) is 5.69 Å². The van der Waals surface area contributed by atoms with Crippen LogP contribution in [-0.4, -0.2) is 39.6 Å². The maximum Gasteiger partial charge on any atom is 0.350 e. The molecule has 5 aromatic rings. The summed E-state index contributed by atoms with van der Waals surface area (Å²) >= 11 is 7.08. The minimum absolute atomic E-state index is 0.141. The fourth-order valence-electron chi connectivity index (χ4n) is 4.13. The highest BCUT2D eigenvalue weighted by molar-refractivity contribution is 7.18. The Morgan fingerprint density at radius 2 is 1.82 bits per heavy atom. The summed E-state index contributed by atoms with van der Waals surface area (Å²) < 4.78 is 21.4. The first-order valence-corrected chi connectivity index (χ1v) is 12.9. The van der Waals surface area contributed by atoms with Gasteiger partial charge >= 0.3 is 5.97 Å². The molecule has 7 nitrogen and oxygen atoms in total. The Labute approximate surface area is 227 Å². The van der Waals surface area contributed by atoms with Gasteiger partial charge in [0, 0.05) is 40.0 Å². The predicted octanol–water partition coefficient (Wildman–Crippen LogP) is 6.76. The zero-order valence-electron chi connectivity index (χ0n) is 20.7. The molecule has 0 aliphatic rings. The number of aromatic nitrogens is 3. The lowest BCUT2D eigenvalue weighted by Gasteiger charge is -2.27. The molecule has 0 N–H and O–H groups in total. The summed E-state index contributed by atoms with van der Waals surface area (Å²) in [6.45, 7) is 3.59. The van der Waals surface area contributed by atoms with Crippen LogP contribution in [-0.2, 0) is 4.74 Å². The van der Waals surface area contributed by atoms with Crippen LogP contribution in [0.25, 0.3) is 27.3 Å². The molecule has 0 aliphatic heterocycles. The molecule has 1 amide bonds. The zero-order chi connectivity index (χ0) is 27.0. The van der Waals surface area contributed by atoms with Crippen LogP contribution in [0.5, 0.6) is 0 Å². The Bertz CT molecular complexity index is 1630. The molecule has 0 saturated heterocycles. The molecular formula is C28H22ClFN4O3S. The summed E-state index contributed by atoms with van der Waals surface area (Å²) in [5, 5.41) is 4.74. The van der Waals surface area contributed by atoms with Crippen LogP contribution >= 0.6 is 22.9 Å². The number of esters is 1. The van der Waals surface area contributed by atoms with E-state index in [9.17, 15) is 14.0 Å². The average molecular weight is 549 g/mol. The normalized spacial score (nSPS) is 11.2. The molecule has 0 radical (unpaired) electrons. The molecule has 0 unspecified atom stereocenters. The van der Waals surface area contributed by atoms with Crippen molar-refractivity contribution < 1.29 is 18.7 Å². The van der Waals surface area contributed by atoms with E-state index in [4.69, 9.17) is 16.3 Å². The third-order valence-electron chi connectivity index (χ3n) is 5.94. The van der Waals surface area contributed by atoms with Crippen LogP contribution in [0.15, 0.2) is 73.1 Å². The van der Waals surface area contributed by atoms with Gasteiger partial charge in [-0.3, -0.25) is 4.79 Å². The second-order valence-corrected chi connectivity index (χ2v) is 10.2. The number of benzene rings is 2. The molecule has 0 spiro atoms. The van der Waals surface area contributed by atoms with Crippen molar-refractivity contribution in [3.8, 4) is 21.7 Å². The number of amides is 1. The summed E-state index contributed by atoms with van der Waals surface area (Å²) in [6, 6.07) is 16.7. The maximum absolute atomic E-state index is 14.7. The third-order valence-corrected chi connectivity index (χ3v) is 7.33. The van der Waals surface area contributed by atoms with Crippen molar-refractivity contribution in [1.29, 1.82) is 0 Å². The van der Waals surface area contributed by atoms with E-state index >= 15 is 0 Å². The van der Waals surface area contributed by atoms with Gasteiger partial charge in [-0.05, 0) is 49.7 Å². The topological polar surface area (TPSA) is 76.8 Å². The number of hydrogen-bond donors (Lipinski definition) is 0. The smallest absolute Gasteiger partial charge is 0.350 e. The molecule has 192 valence electrons. The molecule has 3 aromatic heterocycles. The van der Waals surface area contributed by atoms with Gasteiger partial charge in [-0.15, -0.1) is 11.3 Å². The van der Waals surface area contributed by atoms with E-state index in [1.807, 2.05) is 42.6 Å². The number of rotatable bonds is 6. The van der Waals surface area contributed by atoms with E-state index in [1.54, 1.807) is 30.6 Å². The van der Waals surface area contributed by atoms with Gasteiger partial charge in [0.2, 0.25) is 0 Å². The minimum Gasteiger partial charge on any atom is -0.465 e. The van der Waals surface area contributed by atoms with Gasteiger partial charge in [0.25, 0.3) is 5.91 Å². The number of ether oxygens (including phenoxy) is 1. The summed E-state index contributed by atoms with van der Waals surface area (Å²) in [5.41, 5.74) is 3.47. The van der Waals surface area contributed by atoms with Gasteiger partial charge in [0.05, 0.1) is 24.1 Å². The zero-order valence-corrected chi connectivity index (χ0v) is 22.3. The second-order valence-electron chi connectivity index (χ2n) is 8.74. The van der Waals surface area contributed by atoms with E-state index < -0.39 is 17.7 Å². The van der Waals surface area contributed by atoms with Crippen LogP contribution in [0.2, 0.25) is 5.02 Å². The lowest BCUT2D eigenvalue weighted by Crippen LogP contribution is -2.38. The fraction of sp³-hybridized carbons (Fsp3) is 0.143. The van der Waals surface area contributed by atoms with Crippen molar-refractivity contribution in [3.05, 3.63) is 94.3 Å². The number of nitrogens with zero attached hydrogens (tertiary/aromatic N) is 4. The second kappa shape index (κ2) is 10.4. The van der Waals surface area contributed by atoms with Gasteiger partial charge in [-0.1, -0.05) is 35.9 Å². The first kappa shape index (κ1) is 25.6. The van der Waals surface area contributed by atoms with Crippen LogP contribution in [0, 0.1) is 5.82 Å². The minimum atomic E-state index is -0.735. The van der Waals surface area contributed by atoms with Crippen LogP contribution in [0.4, 0.5) is 10.1 Å². The Hall–Kier alpha value is -4.08. The first-order chi connectivity index (χ1) is 18.3. The Kier molecular flexibility index (Phi) is 6.96. The van der Waals surface area contributed by atoms with Crippen molar-refractivity contribution in [2.24, 2.45) is 0 Å². The Morgan fingerprint density at radius 1 is 1.08 bits per heavy atom. The lowest BCUT2D eigenvalue weighted by atomic mass is 10.1. The van der Waals surface area contributed by atoms with Gasteiger partial charge in [-0.25, -0.2) is 18.7 Å². The summed E-state index contributed by atoms with van der Waals surface area (Å²) in [4.78, 5) is 32.9. The molecule has 5 rings (SSSR count). The number of carbonyl (C=O) groups excluding carboxylic acids is 2. The SMILES string of the molecule is COC(=O)c1sc(-c2ccc(-c3cc4ncccn4n3)cc2)cc1N(C(=O)c1ccc(Cl)cc1F)C(C)C. The van der Waals surface area contributed by atoms with Gasteiger partial charge in [-0.2, -0.15) is 5.10 Å². The van der Waals surface area contributed by atoms with E-state index in [2.05, 4.69) is 10.1 Å². The number of halogens is 2. The van der Waals surface area contributed by atoms with Gasteiger partial charge < -0.3 is 9.64 Å². The van der Waals surface area contributed by atoms with Gasteiger partial charge in [0.15, 0.2) is 5.65 Å².